The monoisotopic (exact) mass is 313 g/mol. The van der Waals surface area contributed by atoms with Crippen LogP contribution in [0.5, 0.6) is 0 Å². The minimum absolute atomic E-state index is 0.166. The molecule has 0 aliphatic heterocycles. The van der Waals surface area contributed by atoms with E-state index in [1.165, 1.54) is 11.3 Å². The molecule has 1 amide bonds. The standard InChI is InChI=1S/C18H23N3O2/c1-3-21(15-6-4-5-13(2)11-15)10-9-19-18(22)16-12-17(23-20-16)14-7-8-14/h4-6,11-12,14H,3,7-10H2,1-2H3,(H,19,22). The van der Waals surface area contributed by atoms with E-state index in [1.54, 1.807) is 6.07 Å². The number of benzene rings is 1. The molecule has 0 atom stereocenters. The minimum Gasteiger partial charge on any atom is -0.370 e. The third kappa shape index (κ3) is 3.92. The molecule has 0 unspecified atom stereocenters. The van der Waals surface area contributed by atoms with Crippen molar-refractivity contribution in [1.82, 2.24) is 10.5 Å². The molecule has 1 aliphatic rings. The van der Waals surface area contributed by atoms with Crippen molar-refractivity contribution in [1.29, 1.82) is 0 Å². The lowest BCUT2D eigenvalue weighted by Crippen LogP contribution is -2.35. The van der Waals surface area contributed by atoms with Gasteiger partial charge in [-0.05, 0) is 44.4 Å². The minimum atomic E-state index is -0.166. The van der Waals surface area contributed by atoms with Crippen molar-refractivity contribution in [2.24, 2.45) is 0 Å². The molecule has 1 heterocycles. The number of nitrogens with one attached hydrogen (secondary N) is 1. The summed E-state index contributed by atoms with van der Waals surface area (Å²) in [6, 6.07) is 10.2. The van der Waals surface area contributed by atoms with Gasteiger partial charge < -0.3 is 14.7 Å². The molecule has 0 saturated heterocycles. The Morgan fingerprint density at radius 2 is 2.22 bits per heavy atom. The van der Waals surface area contributed by atoms with Gasteiger partial charge in [0.05, 0.1) is 0 Å². The third-order valence-corrected chi connectivity index (χ3v) is 4.16. The number of carbonyl (C=O) groups is 1. The van der Waals surface area contributed by atoms with Crippen molar-refractivity contribution < 1.29 is 9.32 Å². The molecule has 5 nitrogen and oxygen atoms in total. The first-order valence-electron chi connectivity index (χ1n) is 8.24. The molecule has 1 saturated carbocycles. The highest BCUT2D eigenvalue weighted by molar-refractivity contribution is 5.92. The number of rotatable bonds is 7. The number of likely N-dealkylation sites (N-methyl/N-ethyl adjacent to an activating group) is 1. The van der Waals surface area contributed by atoms with Gasteiger partial charge >= 0.3 is 0 Å². The second kappa shape index (κ2) is 6.86. The van der Waals surface area contributed by atoms with Crippen LogP contribution in [0.2, 0.25) is 0 Å². The predicted octanol–water partition coefficient (Wildman–Crippen LogP) is 3.12. The van der Waals surface area contributed by atoms with E-state index in [2.05, 4.69) is 53.5 Å². The van der Waals surface area contributed by atoms with Gasteiger partial charge in [-0.3, -0.25) is 4.79 Å². The van der Waals surface area contributed by atoms with E-state index in [-0.39, 0.29) is 5.91 Å². The van der Waals surface area contributed by atoms with Gasteiger partial charge in [0.25, 0.3) is 5.91 Å². The van der Waals surface area contributed by atoms with Crippen molar-refractivity contribution in [3.8, 4) is 0 Å². The molecule has 3 rings (SSSR count). The van der Waals surface area contributed by atoms with Crippen LogP contribution < -0.4 is 10.2 Å². The summed E-state index contributed by atoms with van der Waals surface area (Å²) in [5, 5.41) is 6.78. The van der Waals surface area contributed by atoms with Gasteiger partial charge in [-0.15, -0.1) is 0 Å². The van der Waals surface area contributed by atoms with Crippen LogP contribution in [0.25, 0.3) is 0 Å². The largest absolute Gasteiger partial charge is 0.370 e. The molecule has 0 radical (unpaired) electrons. The summed E-state index contributed by atoms with van der Waals surface area (Å²) in [4.78, 5) is 14.4. The van der Waals surface area contributed by atoms with Crippen LogP contribution in [0, 0.1) is 6.92 Å². The molecular formula is C18H23N3O2. The highest BCUT2D eigenvalue weighted by Gasteiger charge is 2.28. The van der Waals surface area contributed by atoms with Gasteiger partial charge in [-0.1, -0.05) is 17.3 Å². The maximum absolute atomic E-state index is 12.1. The lowest BCUT2D eigenvalue weighted by molar-refractivity contribution is 0.0945. The molecular weight excluding hydrogens is 290 g/mol. The average Bonchev–Trinajstić information content (AvgIpc) is 3.28. The second-order valence-corrected chi connectivity index (χ2v) is 6.06. The molecule has 2 aromatic rings. The van der Waals surface area contributed by atoms with E-state index < -0.39 is 0 Å². The molecule has 1 N–H and O–H groups in total. The van der Waals surface area contributed by atoms with Gasteiger partial charge in [0.1, 0.15) is 5.76 Å². The van der Waals surface area contributed by atoms with Crippen LogP contribution in [0.1, 0.15) is 47.5 Å². The number of anilines is 1. The van der Waals surface area contributed by atoms with E-state index in [4.69, 9.17) is 4.52 Å². The topological polar surface area (TPSA) is 58.4 Å². The summed E-state index contributed by atoms with van der Waals surface area (Å²) < 4.78 is 5.22. The maximum atomic E-state index is 12.1. The molecule has 23 heavy (non-hydrogen) atoms. The van der Waals surface area contributed by atoms with Crippen LogP contribution in [-0.2, 0) is 0 Å². The zero-order valence-electron chi connectivity index (χ0n) is 13.7. The summed E-state index contributed by atoms with van der Waals surface area (Å²) in [5.74, 6) is 1.15. The van der Waals surface area contributed by atoms with E-state index in [1.807, 2.05) is 0 Å². The number of nitrogens with zero attached hydrogens (tertiary/aromatic N) is 2. The van der Waals surface area contributed by atoms with Crippen molar-refractivity contribution >= 4 is 11.6 Å². The Balaban J connectivity index is 1.51. The fraction of sp³-hybridized carbons (Fsp3) is 0.444. The summed E-state index contributed by atoms with van der Waals surface area (Å²) >= 11 is 0. The lowest BCUT2D eigenvalue weighted by atomic mass is 10.2. The number of carbonyl (C=O) groups excluding carboxylic acids is 1. The summed E-state index contributed by atoms with van der Waals surface area (Å²) in [5.41, 5.74) is 2.80. The van der Waals surface area contributed by atoms with Crippen molar-refractivity contribution in [3.05, 3.63) is 47.3 Å². The first-order chi connectivity index (χ1) is 11.2. The van der Waals surface area contributed by atoms with Crippen LogP contribution in [0.15, 0.2) is 34.9 Å². The average molecular weight is 313 g/mol. The number of aryl methyl sites for hydroxylation is 1. The molecule has 1 fully saturated rings. The van der Waals surface area contributed by atoms with Crippen LogP contribution >= 0.6 is 0 Å². The normalized spacial score (nSPS) is 13.8. The third-order valence-electron chi connectivity index (χ3n) is 4.16. The fourth-order valence-corrected chi connectivity index (χ4v) is 2.65. The summed E-state index contributed by atoms with van der Waals surface area (Å²) in [6.45, 7) is 6.44. The predicted molar refractivity (Wildman–Crippen MR) is 89.9 cm³/mol. The van der Waals surface area contributed by atoms with Crippen molar-refractivity contribution in [2.75, 3.05) is 24.5 Å². The van der Waals surface area contributed by atoms with E-state index >= 15 is 0 Å². The van der Waals surface area contributed by atoms with Crippen LogP contribution in [0.3, 0.4) is 0 Å². The van der Waals surface area contributed by atoms with Gasteiger partial charge in [0.15, 0.2) is 5.69 Å². The van der Waals surface area contributed by atoms with Crippen LogP contribution in [0.4, 0.5) is 5.69 Å². The van der Waals surface area contributed by atoms with Crippen LogP contribution in [-0.4, -0.2) is 30.7 Å². The molecule has 5 heteroatoms. The number of hydrogen-bond donors (Lipinski definition) is 1. The zero-order chi connectivity index (χ0) is 16.2. The van der Waals surface area contributed by atoms with Gasteiger partial charge in [0.2, 0.25) is 0 Å². The Morgan fingerprint density at radius 3 is 2.91 bits per heavy atom. The maximum Gasteiger partial charge on any atom is 0.273 e. The van der Waals surface area contributed by atoms with Crippen molar-refractivity contribution in [3.63, 3.8) is 0 Å². The lowest BCUT2D eigenvalue weighted by Gasteiger charge is -2.23. The zero-order valence-corrected chi connectivity index (χ0v) is 13.7. The summed E-state index contributed by atoms with van der Waals surface area (Å²) in [7, 11) is 0. The number of amides is 1. The highest BCUT2D eigenvalue weighted by atomic mass is 16.5. The van der Waals surface area contributed by atoms with Gasteiger partial charge in [-0.25, -0.2) is 0 Å². The molecule has 1 aromatic heterocycles. The first kappa shape index (κ1) is 15.6. The number of aromatic nitrogens is 1. The molecule has 0 bridgehead atoms. The van der Waals surface area contributed by atoms with Crippen molar-refractivity contribution in [2.45, 2.75) is 32.6 Å². The Kier molecular flexibility index (Phi) is 4.65. The SMILES string of the molecule is CCN(CCNC(=O)c1cc(C2CC2)on1)c1cccc(C)c1. The second-order valence-electron chi connectivity index (χ2n) is 6.06. The van der Waals surface area contributed by atoms with E-state index in [0.717, 1.165) is 31.7 Å². The Morgan fingerprint density at radius 1 is 1.39 bits per heavy atom. The molecule has 0 spiro atoms. The van der Waals surface area contributed by atoms with E-state index in [0.29, 0.717) is 18.2 Å². The Bertz CT molecular complexity index is 676. The molecule has 1 aromatic carbocycles. The Labute approximate surface area is 136 Å². The Hall–Kier alpha value is -2.30. The van der Waals surface area contributed by atoms with E-state index in [9.17, 15) is 4.79 Å². The van der Waals surface area contributed by atoms with Gasteiger partial charge in [-0.2, -0.15) is 0 Å². The molecule has 1 aliphatic carbocycles. The number of hydrogen-bond acceptors (Lipinski definition) is 4. The smallest absolute Gasteiger partial charge is 0.273 e. The highest BCUT2D eigenvalue weighted by Crippen LogP contribution is 2.40. The fourth-order valence-electron chi connectivity index (χ4n) is 2.65. The first-order valence-corrected chi connectivity index (χ1v) is 8.24. The quantitative estimate of drug-likeness (QED) is 0.853. The summed E-state index contributed by atoms with van der Waals surface area (Å²) in [6.07, 6.45) is 2.27. The van der Waals surface area contributed by atoms with Gasteiger partial charge in [0, 0.05) is 37.3 Å². The molecule has 122 valence electrons.